The Balaban J connectivity index is 1.81. The van der Waals surface area contributed by atoms with E-state index in [0.29, 0.717) is 0 Å². The standard InChI is InChI=1S/C15H22N2O/c1-3-8-16-9-11-17(12-10-16)13-14-4-6-15(18-2)7-5-14/h3-7H,1,8-13H2,2H3. The molecule has 1 heterocycles. The molecule has 1 aromatic carbocycles. The van der Waals surface area contributed by atoms with Gasteiger partial charge in [0.2, 0.25) is 0 Å². The molecule has 0 spiro atoms. The molecule has 0 aromatic heterocycles. The molecule has 1 saturated heterocycles. The maximum absolute atomic E-state index is 5.17. The van der Waals surface area contributed by atoms with Crippen molar-refractivity contribution in [1.29, 1.82) is 0 Å². The molecule has 1 aliphatic rings. The van der Waals surface area contributed by atoms with Crippen LogP contribution in [0.1, 0.15) is 5.56 Å². The van der Waals surface area contributed by atoms with Crippen molar-refractivity contribution in [3.05, 3.63) is 42.5 Å². The van der Waals surface area contributed by atoms with Gasteiger partial charge < -0.3 is 4.74 Å². The lowest BCUT2D eigenvalue weighted by Crippen LogP contribution is -2.45. The third-order valence-electron chi connectivity index (χ3n) is 3.42. The lowest BCUT2D eigenvalue weighted by molar-refractivity contribution is 0.137. The van der Waals surface area contributed by atoms with E-state index in [0.717, 1.165) is 45.0 Å². The van der Waals surface area contributed by atoms with Crippen LogP contribution in [0.2, 0.25) is 0 Å². The first-order valence-corrected chi connectivity index (χ1v) is 6.50. The summed E-state index contributed by atoms with van der Waals surface area (Å²) in [6, 6.07) is 8.36. The van der Waals surface area contributed by atoms with Crippen LogP contribution in [0, 0.1) is 0 Å². The van der Waals surface area contributed by atoms with Crippen LogP contribution in [-0.2, 0) is 6.54 Å². The van der Waals surface area contributed by atoms with Crippen LogP contribution in [-0.4, -0.2) is 49.6 Å². The molecule has 98 valence electrons. The number of rotatable bonds is 5. The molecule has 3 heteroatoms. The van der Waals surface area contributed by atoms with Crippen molar-refractivity contribution in [3.63, 3.8) is 0 Å². The first-order valence-electron chi connectivity index (χ1n) is 6.50. The Morgan fingerprint density at radius 3 is 2.28 bits per heavy atom. The quantitative estimate of drug-likeness (QED) is 0.739. The summed E-state index contributed by atoms with van der Waals surface area (Å²) in [6.07, 6.45) is 1.99. The second-order valence-electron chi connectivity index (χ2n) is 4.71. The number of benzene rings is 1. The van der Waals surface area contributed by atoms with Crippen molar-refractivity contribution in [1.82, 2.24) is 9.80 Å². The first kappa shape index (κ1) is 13.1. The molecule has 1 aliphatic heterocycles. The largest absolute Gasteiger partial charge is 0.497 e. The average Bonchev–Trinajstić information content (AvgIpc) is 2.42. The molecule has 1 aromatic rings. The van der Waals surface area contributed by atoms with Gasteiger partial charge in [0.15, 0.2) is 0 Å². The van der Waals surface area contributed by atoms with Gasteiger partial charge in [0.05, 0.1) is 7.11 Å². The molecule has 0 N–H and O–H groups in total. The predicted octanol–water partition coefficient (Wildman–Crippen LogP) is 2.00. The first-order chi connectivity index (χ1) is 8.81. The number of methoxy groups -OCH3 is 1. The van der Waals surface area contributed by atoms with Crippen LogP contribution >= 0.6 is 0 Å². The predicted molar refractivity (Wildman–Crippen MR) is 74.9 cm³/mol. The zero-order chi connectivity index (χ0) is 12.8. The number of nitrogens with zero attached hydrogens (tertiary/aromatic N) is 2. The van der Waals surface area contributed by atoms with E-state index < -0.39 is 0 Å². The minimum absolute atomic E-state index is 0.926. The van der Waals surface area contributed by atoms with Gasteiger partial charge in [-0.05, 0) is 17.7 Å². The van der Waals surface area contributed by atoms with Crippen LogP contribution in [0.15, 0.2) is 36.9 Å². The summed E-state index contributed by atoms with van der Waals surface area (Å²) in [4.78, 5) is 4.94. The van der Waals surface area contributed by atoms with E-state index in [1.54, 1.807) is 7.11 Å². The van der Waals surface area contributed by atoms with E-state index in [1.807, 2.05) is 18.2 Å². The minimum atomic E-state index is 0.926. The highest BCUT2D eigenvalue weighted by Crippen LogP contribution is 2.14. The molecule has 1 fully saturated rings. The van der Waals surface area contributed by atoms with Gasteiger partial charge >= 0.3 is 0 Å². The zero-order valence-electron chi connectivity index (χ0n) is 11.1. The number of hydrogen-bond donors (Lipinski definition) is 0. The highest BCUT2D eigenvalue weighted by atomic mass is 16.5. The van der Waals surface area contributed by atoms with Crippen molar-refractivity contribution >= 4 is 0 Å². The van der Waals surface area contributed by atoms with Crippen LogP contribution in [0.4, 0.5) is 0 Å². The third-order valence-corrected chi connectivity index (χ3v) is 3.42. The van der Waals surface area contributed by atoms with Crippen molar-refractivity contribution in [2.75, 3.05) is 39.8 Å². The molecule has 18 heavy (non-hydrogen) atoms. The molecular weight excluding hydrogens is 224 g/mol. The average molecular weight is 246 g/mol. The topological polar surface area (TPSA) is 15.7 Å². The van der Waals surface area contributed by atoms with Crippen LogP contribution in [0.25, 0.3) is 0 Å². The highest BCUT2D eigenvalue weighted by Gasteiger charge is 2.15. The molecular formula is C15H22N2O. The van der Waals surface area contributed by atoms with E-state index in [2.05, 4.69) is 28.5 Å². The van der Waals surface area contributed by atoms with E-state index >= 15 is 0 Å². The fraction of sp³-hybridized carbons (Fsp3) is 0.467. The second-order valence-corrected chi connectivity index (χ2v) is 4.71. The SMILES string of the molecule is C=CCN1CCN(Cc2ccc(OC)cc2)CC1. The van der Waals surface area contributed by atoms with E-state index in [4.69, 9.17) is 4.74 Å². The normalized spacial score (nSPS) is 17.6. The molecule has 0 atom stereocenters. The van der Waals surface area contributed by atoms with Gasteiger partial charge in [0.25, 0.3) is 0 Å². The Morgan fingerprint density at radius 1 is 1.11 bits per heavy atom. The van der Waals surface area contributed by atoms with Gasteiger partial charge in [-0.3, -0.25) is 9.80 Å². The Kier molecular flexibility index (Phi) is 4.79. The molecule has 0 aliphatic carbocycles. The molecule has 2 rings (SSSR count). The fourth-order valence-electron chi connectivity index (χ4n) is 2.30. The monoisotopic (exact) mass is 246 g/mol. The van der Waals surface area contributed by atoms with Gasteiger partial charge in [0.1, 0.15) is 5.75 Å². The van der Waals surface area contributed by atoms with Crippen LogP contribution < -0.4 is 4.74 Å². The Bertz CT molecular complexity index is 367. The van der Waals surface area contributed by atoms with Crippen LogP contribution in [0.5, 0.6) is 5.75 Å². The van der Waals surface area contributed by atoms with Crippen molar-refractivity contribution in [3.8, 4) is 5.75 Å². The highest BCUT2D eigenvalue weighted by molar-refractivity contribution is 5.27. The van der Waals surface area contributed by atoms with E-state index in [9.17, 15) is 0 Å². The Labute approximate surface area is 110 Å². The van der Waals surface area contributed by atoms with Crippen molar-refractivity contribution in [2.45, 2.75) is 6.54 Å². The number of hydrogen-bond acceptors (Lipinski definition) is 3. The van der Waals surface area contributed by atoms with Crippen LogP contribution in [0.3, 0.4) is 0 Å². The van der Waals surface area contributed by atoms with E-state index in [-0.39, 0.29) is 0 Å². The van der Waals surface area contributed by atoms with Gasteiger partial charge in [-0.25, -0.2) is 0 Å². The number of ether oxygens (including phenoxy) is 1. The Hall–Kier alpha value is -1.32. The van der Waals surface area contributed by atoms with Crippen molar-refractivity contribution < 1.29 is 4.74 Å². The number of piperazine rings is 1. The zero-order valence-corrected chi connectivity index (χ0v) is 11.1. The smallest absolute Gasteiger partial charge is 0.118 e. The summed E-state index contributed by atoms with van der Waals surface area (Å²) >= 11 is 0. The summed E-state index contributed by atoms with van der Waals surface area (Å²) in [7, 11) is 1.70. The lowest BCUT2D eigenvalue weighted by Gasteiger charge is -2.34. The molecule has 0 bridgehead atoms. The molecule has 3 nitrogen and oxygen atoms in total. The summed E-state index contributed by atoms with van der Waals surface area (Å²) in [5.41, 5.74) is 1.35. The fourth-order valence-corrected chi connectivity index (χ4v) is 2.30. The lowest BCUT2D eigenvalue weighted by atomic mass is 10.2. The summed E-state index contributed by atoms with van der Waals surface area (Å²) in [6.45, 7) is 10.4. The maximum atomic E-state index is 5.17. The minimum Gasteiger partial charge on any atom is -0.497 e. The summed E-state index contributed by atoms with van der Waals surface area (Å²) < 4.78 is 5.17. The summed E-state index contributed by atoms with van der Waals surface area (Å²) in [5.74, 6) is 0.926. The second kappa shape index (κ2) is 6.57. The molecule has 0 saturated carbocycles. The van der Waals surface area contributed by atoms with Crippen molar-refractivity contribution in [2.24, 2.45) is 0 Å². The van der Waals surface area contributed by atoms with Gasteiger partial charge in [-0.2, -0.15) is 0 Å². The molecule has 0 amide bonds. The Morgan fingerprint density at radius 2 is 1.72 bits per heavy atom. The maximum Gasteiger partial charge on any atom is 0.118 e. The molecule has 0 radical (unpaired) electrons. The third kappa shape index (κ3) is 3.59. The molecule has 0 unspecified atom stereocenters. The summed E-state index contributed by atoms with van der Waals surface area (Å²) in [5, 5.41) is 0. The van der Waals surface area contributed by atoms with Gasteiger partial charge in [-0.1, -0.05) is 18.2 Å². The van der Waals surface area contributed by atoms with Gasteiger partial charge in [0, 0.05) is 39.3 Å². The van der Waals surface area contributed by atoms with E-state index in [1.165, 1.54) is 5.56 Å². The van der Waals surface area contributed by atoms with Gasteiger partial charge in [-0.15, -0.1) is 6.58 Å².